The molecule has 0 bridgehead atoms. The van der Waals surface area contributed by atoms with Crippen LogP contribution in [0.1, 0.15) is 47.0 Å². The molecule has 21 heavy (non-hydrogen) atoms. The molecule has 1 fully saturated rings. The molecule has 1 N–H and O–H groups in total. The second-order valence-electron chi connectivity index (χ2n) is 6.71. The smallest absolute Gasteiger partial charge is 0.407 e. The van der Waals surface area contributed by atoms with E-state index in [4.69, 9.17) is 14.2 Å². The number of halogens is 1. The molecule has 0 spiro atoms. The van der Waals surface area contributed by atoms with Gasteiger partial charge in [0, 0.05) is 4.43 Å². The van der Waals surface area contributed by atoms with E-state index in [-0.39, 0.29) is 0 Å². The molecule has 0 aromatic rings. The van der Waals surface area contributed by atoms with Crippen LogP contribution in [0.5, 0.6) is 0 Å². The molecule has 6 heteroatoms. The van der Waals surface area contributed by atoms with Crippen LogP contribution in [0.2, 0.25) is 0 Å². The van der Waals surface area contributed by atoms with Crippen molar-refractivity contribution >= 4 is 28.7 Å². The van der Waals surface area contributed by atoms with E-state index in [0.29, 0.717) is 25.9 Å². The largest absolute Gasteiger partial charge is 0.444 e. The van der Waals surface area contributed by atoms with Crippen LogP contribution in [0, 0.1) is 0 Å². The van der Waals surface area contributed by atoms with Crippen LogP contribution < -0.4 is 5.32 Å². The van der Waals surface area contributed by atoms with Gasteiger partial charge < -0.3 is 19.5 Å². The summed E-state index contributed by atoms with van der Waals surface area (Å²) in [4.78, 5) is 11.7. The second kappa shape index (κ2) is 8.53. The number of amides is 1. The first-order valence-corrected chi connectivity index (χ1v) is 9.05. The first kappa shape index (κ1) is 19.0. The minimum absolute atomic E-state index is 0.402. The lowest BCUT2D eigenvalue weighted by atomic mass is 9.96. The van der Waals surface area contributed by atoms with E-state index in [1.165, 1.54) is 19.3 Å². The Morgan fingerprint density at radius 1 is 1.24 bits per heavy atom. The maximum Gasteiger partial charge on any atom is 0.407 e. The topological polar surface area (TPSA) is 56.8 Å². The SMILES string of the molecule is CC(C)(C)OC(=O)NCC(C)(CI)OCCOC1CCC1. The van der Waals surface area contributed by atoms with Gasteiger partial charge in [-0.1, -0.05) is 22.6 Å². The third kappa shape index (κ3) is 8.21. The predicted molar refractivity (Wildman–Crippen MR) is 91.1 cm³/mol. The fraction of sp³-hybridized carbons (Fsp3) is 0.933. The Morgan fingerprint density at radius 2 is 1.90 bits per heavy atom. The Labute approximate surface area is 141 Å². The third-order valence-corrected chi connectivity index (χ3v) is 4.84. The summed E-state index contributed by atoms with van der Waals surface area (Å²) >= 11 is 2.27. The minimum atomic E-state index is -0.484. The van der Waals surface area contributed by atoms with Crippen molar-refractivity contribution in [2.24, 2.45) is 0 Å². The van der Waals surface area contributed by atoms with Crippen LogP contribution in [0.25, 0.3) is 0 Å². The zero-order chi connectivity index (χ0) is 15.9. The van der Waals surface area contributed by atoms with E-state index in [9.17, 15) is 4.79 Å². The molecule has 0 aromatic carbocycles. The van der Waals surface area contributed by atoms with Crippen molar-refractivity contribution in [2.45, 2.75) is 64.3 Å². The van der Waals surface area contributed by atoms with Gasteiger partial charge in [0.25, 0.3) is 0 Å². The van der Waals surface area contributed by atoms with Gasteiger partial charge in [0.2, 0.25) is 0 Å². The summed E-state index contributed by atoms with van der Waals surface area (Å²) in [7, 11) is 0. The van der Waals surface area contributed by atoms with Gasteiger partial charge in [-0.25, -0.2) is 4.79 Å². The van der Waals surface area contributed by atoms with E-state index in [0.717, 1.165) is 4.43 Å². The highest BCUT2D eigenvalue weighted by atomic mass is 127. The van der Waals surface area contributed by atoms with Crippen molar-refractivity contribution in [3.63, 3.8) is 0 Å². The summed E-state index contributed by atoms with van der Waals surface area (Å²) in [6, 6.07) is 0. The second-order valence-corrected chi connectivity index (χ2v) is 7.47. The third-order valence-electron chi connectivity index (χ3n) is 3.23. The number of alkyl carbamates (subject to hydrolysis) is 1. The Kier molecular flexibility index (Phi) is 7.70. The van der Waals surface area contributed by atoms with E-state index >= 15 is 0 Å². The van der Waals surface area contributed by atoms with Gasteiger partial charge in [-0.05, 0) is 47.0 Å². The maximum absolute atomic E-state index is 11.7. The highest BCUT2D eigenvalue weighted by molar-refractivity contribution is 14.1. The summed E-state index contributed by atoms with van der Waals surface area (Å²) in [5.41, 5.74) is -0.886. The highest BCUT2D eigenvalue weighted by Crippen LogP contribution is 2.22. The minimum Gasteiger partial charge on any atom is -0.444 e. The van der Waals surface area contributed by atoms with Crippen molar-refractivity contribution in [1.29, 1.82) is 0 Å². The molecule has 0 heterocycles. The Bertz CT molecular complexity index is 328. The lowest BCUT2D eigenvalue weighted by molar-refractivity contribution is -0.0700. The molecule has 1 saturated carbocycles. The lowest BCUT2D eigenvalue weighted by Crippen LogP contribution is -2.46. The van der Waals surface area contributed by atoms with Crippen molar-refractivity contribution in [1.82, 2.24) is 5.32 Å². The quantitative estimate of drug-likeness (QED) is 0.377. The van der Waals surface area contributed by atoms with Gasteiger partial charge in [-0.3, -0.25) is 0 Å². The predicted octanol–water partition coefficient (Wildman–Crippen LogP) is 3.29. The zero-order valence-electron chi connectivity index (χ0n) is 13.5. The maximum atomic E-state index is 11.7. The van der Waals surface area contributed by atoms with Gasteiger partial charge in [0.15, 0.2) is 0 Å². The Balaban J connectivity index is 2.21. The van der Waals surface area contributed by atoms with Crippen LogP contribution in [0.4, 0.5) is 4.79 Å². The molecule has 1 amide bonds. The summed E-state index contributed by atoms with van der Waals surface area (Å²) in [5.74, 6) is 0. The van der Waals surface area contributed by atoms with Gasteiger partial charge in [-0.15, -0.1) is 0 Å². The van der Waals surface area contributed by atoms with Crippen molar-refractivity contribution in [2.75, 3.05) is 24.2 Å². The average molecular weight is 413 g/mol. The van der Waals surface area contributed by atoms with Crippen LogP contribution >= 0.6 is 22.6 Å². The number of nitrogens with one attached hydrogen (secondary N) is 1. The first-order chi connectivity index (χ1) is 9.74. The standard InChI is InChI=1S/C15H28INO4/c1-14(2,3)21-13(18)17-11-15(4,10-16)20-9-8-19-12-6-5-7-12/h12H,5-11H2,1-4H3,(H,17,18). The molecular weight excluding hydrogens is 385 g/mol. The van der Waals surface area contributed by atoms with Crippen LogP contribution in [0.3, 0.4) is 0 Å². The van der Waals surface area contributed by atoms with Crippen LogP contribution in [-0.2, 0) is 14.2 Å². The number of ether oxygens (including phenoxy) is 3. The monoisotopic (exact) mass is 413 g/mol. The summed E-state index contributed by atoms with van der Waals surface area (Å²) in [6.45, 7) is 9.11. The summed E-state index contributed by atoms with van der Waals surface area (Å²) in [5, 5.41) is 2.77. The summed E-state index contributed by atoms with van der Waals surface area (Å²) in [6.07, 6.45) is 3.64. The number of carbonyl (C=O) groups is 1. The molecule has 1 aliphatic carbocycles. The molecule has 0 radical (unpaired) electrons. The fourth-order valence-corrected chi connectivity index (χ4v) is 2.24. The number of hydrogen-bond acceptors (Lipinski definition) is 4. The molecule has 5 nitrogen and oxygen atoms in total. The highest BCUT2D eigenvalue weighted by Gasteiger charge is 2.26. The average Bonchev–Trinajstić information content (AvgIpc) is 2.32. The van der Waals surface area contributed by atoms with Gasteiger partial charge in [0.1, 0.15) is 5.60 Å². The van der Waals surface area contributed by atoms with E-state index in [2.05, 4.69) is 27.9 Å². The van der Waals surface area contributed by atoms with Crippen molar-refractivity contribution < 1.29 is 19.0 Å². The Hall–Kier alpha value is -0.0800. The fourth-order valence-electron chi connectivity index (χ4n) is 1.75. The number of carbonyl (C=O) groups excluding carboxylic acids is 1. The molecular formula is C15H28INO4. The lowest BCUT2D eigenvalue weighted by Gasteiger charge is -2.30. The van der Waals surface area contributed by atoms with E-state index in [1.54, 1.807) is 0 Å². The van der Waals surface area contributed by atoms with E-state index in [1.807, 2.05) is 27.7 Å². The molecule has 124 valence electrons. The molecule has 0 saturated heterocycles. The molecule has 1 atom stereocenters. The number of rotatable bonds is 8. The Morgan fingerprint density at radius 3 is 2.38 bits per heavy atom. The molecule has 1 unspecified atom stereocenters. The molecule has 1 aliphatic rings. The van der Waals surface area contributed by atoms with Crippen molar-refractivity contribution in [3.8, 4) is 0 Å². The van der Waals surface area contributed by atoms with Gasteiger partial charge >= 0.3 is 6.09 Å². The van der Waals surface area contributed by atoms with Crippen LogP contribution in [0.15, 0.2) is 0 Å². The number of alkyl halides is 1. The number of hydrogen-bond donors (Lipinski definition) is 1. The molecule has 1 rings (SSSR count). The molecule has 0 aromatic heterocycles. The summed E-state index contributed by atoms with van der Waals surface area (Å²) < 4.78 is 17.6. The normalized spacial score (nSPS) is 18.7. The van der Waals surface area contributed by atoms with E-state index < -0.39 is 17.3 Å². The van der Waals surface area contributed by atoms with Gasteiger partial charge in [-0.2, -0.15) is 0 Å². The van der Waals surface area contributed by atoms with Gasteiger partial charge in [0.05, 0.1) is 31.5 Å². The first-order valence-electron chi connectivity index (χ1n) is 7.52. The van der Waals surface area contributed by atoms with Crippen LogP contribution in [-0.4, -0.2) is 47.6 Å². The van der Waals surface area contributed by atoms with Crippen molar-refractivity contribution in [3.05, 3.63) is 0 Å². The zero-order valence-corrected chi connectivity index (χ0v) is 15.7. The molecule has 0 aliphatic heterocycles.